The van der Waals surface area contributed by atoms with Crippen LogP contribution >= 0.6 is 11.8 Å². The molecule has 5 nitrogen and oxygen atoms in total. The number of aryl methyl sites for hydroxylation is 1. The standard InChI is InChI=1S/C24H28N4OS/c1-18-26-27-24(28(18)21-15-9-4-10-16-21)30-17-22(29)25-23(19-11-5-2-6-12-19)20-13-7-3-8-14-20/h2-3,5-8,11-14,21,23H,4,9-10,15-17H2,1H3,(H,25,29). The van der Waals surface area contributed by atoms with Crippen molar-refractivity contribution in [2.45, 2.75) is 56.3 Å². The number of rotatable bonds is 7. The zero-order valence-electron chi connectivity index (χ0n) is 17.3. The highest BCUT2D eigenvalue weighted by Crippen LogP contribution is 2.32. The van der Waals surface area contributed by atoms with Gasteiger partial charge in [0.25, 0.3) is 0 Å². The third-order valence-corrected chi connectivity index (χ3v) is 6.62. The summed E-state index contributed by atoms with van der Waals surface area (Å²) in [6.07, 6.45) is 6.15. The van der Waals surface area contributed by atoms with Gasteiger partial charge in [-0.3, -0.25) is 4.79 Å². The Morgan fingerprint density at radius 2 is 1.60 bits per heavy atom. The van der Waals surface area contributed by atoms with Crippen LogP contribution in [-0.2, 0) is 4.79 Å². The number of aromatic nitrogens is 3. The molecule has 0 atom stereocenters. The van der Waals surface area contributed by atoms with Crippen LogP contribution in [0.25, 0.3) is 0 Å². The van der Waals surface area contributed by atoms with Gasteiger partial charge in [-0.05, 0) is 30.9 Å². The summed E-state index contributed by atoms with van der Waals surface area (Å²) in [6, 6.07) is 20.5. The van der Waals surface area contributed by atoms with Gasteiger partial charge >= 0.3 is 0 Å². The summed E-state index contributed by atoms with van der Waals surface area (Å²) in [6.45, 7) is 2.01. The summed E-state index contributed by atoms with van der Waals surface area (Å²) in [4.78, 5) is 12.9. The Kier molecular flexibility index (Phi) is 6.84. The smallest absolute Gasteiger partial charge is 0.231 e. The maximum atomic E-state index is 12.9. The van der Waals surface area contributed by atoms with Crippen LogP contribution < -0.4 is 5.32 Å². The minimum atomic E-state index is -0.168. The SMILES string of the molecule is Cc1nnc(SCC(=O)NC(c2ccccc2)c2ccccc2)n1C1CCCCC1. The zero-order valence-corrected chi connectivity index (χ0v) is 18.1. The Bertz CT molecular complexity index is 912. The van der Waals surface area contributed by atoms with Crippen molar-refractivity contribution >= 4 is 17.7 Å². The van der Waals surface area contributed by atoms with Crippen molar-refractivity contribution in [3.8, 4) is 0 Å². The highest BCUT2D eigenvalue weighted by atomic mass is 32.2. The summed E-state index contributed by atoms with van der Waals surface area (Å²) >= 11 is 1.48. The number of carbonyl (C=O) groups excluding carboxylic acids is 1. The van der Waals surface area contributed by atoms with E-state index in [9.17, 15) is 4.79 Å². The maximum Gasteiger partial charge on any atom is 0.231 e. The molecule has 1 aliphatic carbocycles. The van der Waals surface area contributed by atoms with Crippen molar-refractivity contribution in [2.24, 2.45) is 0 Å². The van der Waals surface area contributed by atoms with Gasteiger partial charge in [-0.15, -0.1) is 10.2 Å². The fraction of sp³-hybridized carbons (Fsp3) is 0.375. The molecular weight excluding hydrogens is 392 g/mol. The summed E-state index contributed by atoms with van der Waals surface area (Å²) < 4.78 is 2.24. The van der Waals surface area contributed by atoms with E-state index in [2.05, 4.69) is 20.1 Å². The normalized spacial score (nSPS) is 14.7. The Hall–Kier alpha value is -2.60. The van der Waals surface area contributed by atoms with Gasteiger partial charge in [-0.2, -0.15) is 0 Å². The molecule has 0 bridgehead atoms. The average molecular weight is 421 g/mol. The third kappa shape index (κ3) is 4.93. The van der Waals surface area contributed by atoms with Crippen LogP contribution in [0, 0.1) is 6.92 Å². The molecule has 1 fully saturated rings. The molecule has 1 heterocycles. The predicted molar refractivity (Wildman–Crippen MR) is 120 cm³/mol. The number of hydrogen-bond acceptors (Lipinski definition) is 4. The third-order valence-electron chi connectivity index (χ3n) is 5.68. The van der Waals surface area contributed by atoms with E-state index in [0.717, 1.165) is 22.1 Å². The Balaban J connectivity index is 1.45. The van der Waals surface area contributed by atoms with Crippen molar-refractivity contribution in [3.05, 3.63) is 77.6 Å². The molecule has 0 aliphatic heterocycles. The monoisotopic (exact) mass is 420 g/mol. The van der Waals surface area contributed by atoms with Crippen LogP contribution in [0.4, 0.5) is 0 Å². The molecule has 2 aromatic carbocycles. The lowest BCUT2D eigenvalue weighted by atomic mass is 9.95. The Labute approximate surface area is 182 Å². The van der Waals surface area contributed by atoms with Gasteiger partial charge in [0.1, 0.15) is 5.82 Å². The molecule has 1 amide bonds. The molecule has 0 radical (unpaired) electrons. The van der Waals surface area contributed by atoms with Gasteiger partial charge in [-0.1, -0.05) is 91.7 Å². The number of hydrogen-bond donors (Lipinski definition) is 1. The molecular formula is C24H28N4OS. The highest BCUT2D eigenvalue weighted by Gasteiger charge is 2.22. The lowest BCUT2D eigenvalue weighted by Crippen LogP contribution is -2.30. The van der Waals surface area contributed by atoms with E-state index in [0.29, 0.717) is 11.8 Å². The minimum absolute atomic E-state index is 0.00597. The molecule has 0 spiro atoms. The van der Waals surface area contributed by atoms with E-state index in [1.165, 1.54) is 43.9 Å². The Morgan fingerprint density at radius 1 is 1.00 bits per heavy atom. The van der Waals surface area contributed by atoms with Crippen molar-refractivity contribution in [3.63, 3.8) is 0 Å². The first-order chi connectivity index (χ1) is 14.7. The first-order valence-corrected chi connectivity index (χ1v) is 11.6. The predicted octanol–water partition coefficient (Wildman–Crippen LogP) is 5.09. The molecule has 1 saturated carbocycles. The number of thioether (sulfide) groups is 1. The molecule has 30 heavy (non-hydrogen) atoms. The zero-order chi connectivity index (χ0) is 20.8. The summed E-state index contributed by atoms with van der Waals surface area (Å²) in [5.41, 5.74) is 2.14. The van der Waals surface area contributed by atoms with Crippen LogP contribution in [0.2, 0.25) is 0 Å². The lowest BCUT2D eigenvalue weighted by Gasteiger charge is -2.25. The molecule has 4 rings (SSSR count). The fourth-order valence-corrected chi connectivity index (χ4v) is 5.05. The summed E-state index contributed by atoms with van der Waals surface area (Å²) in [5, 5.41) is 12.7. The van der Waals surface area contributed by atoms with Gasteiger partial charge in [-0.25, -0.2) is 0 Å². The van der Waals surface area contributed by atoms with Gasteiger partial charge in [0.2, 0.25) is 5.91 Å². The quantitative estimate of drug-likeness (QED) is 0.541. The molecule has 3 aromatic rings. The highest BCUT2D eigenvalue weighted by molar-refractivity contribution is 7.99. The average Bonchev–Trinajstić information content (AvgIpc) is 3.18. The number of benzene rings is 2. The maximum absolute atomic E-state index is 12.9. The first kappa shape index (κ1) is 20.7. The van der Waals surface area contributed by atoms with E-state index >= 15 is 0 Å². The van der Waals surface area contributed by atoms with Crippen molar-refractivity contribution in [1.82, 2.24) is 20.1 Å². The molecule has 0 saturated heterocycles. The minimum Gasteiger partial charge on any atom is -0.344 e. The van der Waals surface area contributed by atoms with E-state index in [1.54, 1.807) is 0 Å². The van der Waals surface area contributed by atoms with Crippen molar-refractivity contribution in [1.29, 1.82) is 0 Å². The summed E-state index contributed by atoms with van der Waals surface area (Å²) in [5.74, 6) is 1.26. The van der Waals surface area contributed by atoms with Gasteiger partial charge < -0.3 is 9.88 Å². The Morgan fingerprint density at radius 3 is 2.20 bits per heavy atom. The molecule has 1 N–H and O–H groups in total. The van der Waals surface area contributed by atoms with Gasteiger partial charge in [0.15, 0.2) is 5.16 Å². The topological polar surface area (TPSA) is 59.8 Å². The second kappa shape index (κ2) is 9.94. The molecule has 0 unspecified atom stereocenters. The molecule has 156 valence electrons. The van der Waals surface area contributed by atoms with Crippen LogP contribution in [0.5, 0.6) is 0 Å². The molecule has 6 heteroatoms. The van der Waals surface area contributed by atoms with E-state index in [-0.39, 0.29) is 11.9 Å². The van der Waals surface area contributed by atoms with Crippen LogP contribution in [0.15, 0.2) is 65.8 Å². The van der Waals surface area contributed by atoms with E-state index in [1.807, 2.05) is 67.6 Å². The summed E-state index contributed by atoms with van der Waals surface area (Å²) in [7, 11) is 0. The first-order valence-electron chi connectivity index (χ1n) is 10.7. The van der Waals surface area contributed by atoms with Gasteiger partial charge in [0.05, 0.1) is 11.8 Å². The van der Waals surface area contributed by atoms with E-state index < -0.39 is 0 Å². The largest absolute Gasteiger partial charge is 0.344 e. The number of carbonyl (C=O) groups is 1. The van der Waals surface area contributed by atoms with E-state index in [4.69, 9.17) is 0 Å². The lowest BCUT2D eigenvalue weighted by molar-refractivity contribution is -0.119. The van der Waals surface area contributed by atoms with Crippen LogP contribution in [-0.4, -0.2) is 26.4 Å². The second-order valence-electron chi connectivity index (χ2n) is 7.80. The fourth-order valence-electron chi connectivity index (χ4n) is 4.19. The second-order valence-corrected chi connectivity index (χ2v) is 8.74. The number of nitrogens with one attached hydrogen (secondary N) is 1. The number of amides is 1. The van der Waals surface area contributed by atoms with Crippen LogP contribution in [0.3, 0.4) is 0 Å². The van der Waals surface area contributed by atoms with Crippen molar-refractivity contribution < 1.29 is 4.79 Å². The van der Waals surface area contributed by atoms with Crippen molar-refractivity contribution in [2.75, 3.05) is 5.75 Å². The van der Waals surface area contributed by atoms with Gasteiger partial charge in [0, 0.05) is 6.04 Å². The molecule has 1 aromatic heterocycles. The number of nitrogens with zero attached hydrogens (tertiary/aromatic N) is 3. The molecule has 1 aliphatic rings. The van der Waals surface area contributed by atoms with Crippen LogP contribution in [0.1, 0.15) is 61.1 Å².